The molecule has 1 unspecified atom stereocenters. The summed E-state index contributed by atoms with van der Waals surface area (Å²) in [5.74, 6) is -0.0869. The molecule has 0 bridgehead atoms. The number of aryl methyl sites for hydroxylation is 2. The molecule has 0 amide bonds. The van der Waals surface area contributed by atoms with E-state index in [0.29, 0.717) is 11.4 Å². The van der Waals surface area contributed by atoms with Gasteiger partial charge in [0, 0.05) is 0 Å². The molecule has 0 aliphatic carbocycles. The van der Waals surface area contributed by atoms with E-state index in [4.69, 9.17) is 5.73 Å². The molecule has 0 spiro atoms. The van der Waals surface area contributed by atoms with Crippen LogP contribution in [0.5, 0.6) is 0 Å². The number of aromatic nitrogens is 3. The van der Waals surface area contributed by atoms with Gasteiger partial charge in [0.2, 0.25) is 10.0 Å². The molecule has 0 radical (unpaired) electrons. The third kappa shape index (κ3) is 3.30. The molecule has 17 heavy (non-hydrogen) atoms. The van der Waals surface area contributed by atoms with E-state index in [1.807, 2.05) is 0 Å². The highest BCUT2D eigenvalue weighted by molar-refractivity contribution is 7.95. The van der Waals surface area contributed by atoms with Gasteiger partial charge in [-0.15, -0.1) is 5.10 Å². The van der Waals surface area contributed by atoms with Gasteiger partial charge in [-0.3, -0.25) is 0 Å². The minimum atomic E-state index is -3.72. The summed E-state index contributed by atoms with van der Waals surface area (Å²) in [4.78, 5) is 3.84. The zero-order chi connectivity index (χ0) is 13.2. The number of nitrogens with zero attached hydrogens (tertiary/aromatic N) is 3. The van der Waals surface area contributed by atoms with E-state index < -0.39 is 15.3 Å². The maximum atomic E-state index is 11.8. The Balaban J connectivity index is 2.98. The quantitative estimate of drug-likeness (QED) is 0.738. The van der Waals surface area contributed by atoms with Crippen LogP contribution in [-0.4, -0.2) is 33.8 Å². The highest BCUT2D eigenvalue weighted by atomic mass is 32.2. The van der Waals surface area contributed by atoms with Crippen LogP contribution in [0.1, 0.15) is 18.3 Å². The van der Waals surface area contributed by atoms with Gasteiger partial charge >= 0.3 is 0 Å². The summed E-state index contributed by atoms with van der Waals surface area (Å²) in [7, 11) is -3.72. The van der Waals surface area contributed by atoms with Crippen molar-refractivity contribution in [1.82, 2.24) is 15.2 Å². The second kappa shape index (κ2) is 4.88. The van der Waals surface area contributed by atoms with E-state index in [-0.39, 0.29) is 10.9 Å². The summed E-state index contributed by atoms with van der Waals surface area (Å²) < 4.78 is 25.7. The standard InChI is InChI=1S/C8H13N5O2S2/c1-4-5(2)11-12-8(10-4)13-17(14,15)6(3)7(9)16/h6H,1-3H3,(H2,9,16)(H,10,12,13). The minimum Gasteiger partial charge on any atom is -0.392 e. The Kier molecular flexibility index (Phi) is 3.94. The second-order valence-electron chi connectivity index (χ2n) is 3.50. The van der Waals surface area contributed by atoms with Gasteiger partial charge in [-0.25, -0.2) is 18.1 Å². The van der Waals surface area contributed by atoms with Crippen LogP contribution < -0.4 is 10.5 Å². The van der Waals surface area contributed by atoms with Crippen LogP contribution in [0, 0.1) is 13.8 Å². The second-order valence-corrected chi connectivity index (χ2v) is 5.97. The first-order valence-electron chi connectivity index (χ1n) is 4.73. The van der Waals surface area contributed by atoms with Crippen LogP contribution in [-0.2, 0) is 10.0 Å². The van der Waals surface area contributed by atoms with Gasteiger partial charge < -0.3 is 5.73 Å². The summed E-state index contributed by atoms with van der Waals surface area (Å²) in [6.45, 7) is 4.82. The lowest BCUT2D eigenvalue weighted by Crippen LogP contribution is -2.36. The molecular formula is C8H13N5O2S2. The summed E-state index contributed by atoms with van der Waals surface area (Å²) in [5.41, 5.74) is 6.52. The fourth-order valence-electron chi connectivity index (χ4n) is 0.869. The number of thiocarbonyl (C=S) groups is 1. The Bertz CT molecular complexity index is 543. The number of nitrogens with two attached hydrogens (primary N) is 1. The predicted molar refractivity (Wildman–Crippen MR) is 68.1 cm³/mol. The molecule has 0 aromatic carbocycles. The van der Waals surface area contributed by atoms with Gasteiger partial charge in [0.1, 0.15) is 5.25 Å². The molecule has 94 valence electrons. The van der Waals surface area contributed by atoms with Gasteiger partial charge in [0.05, 0.1) is 16.4 Å². The van der Waals surface area contributed by atoms with E-state index in [1.54, 1.807) is 13.8 Å². The predicted octanol–water partition coefficient (Wildman–Crippen LogP) is -0.0953. The lowest BCUT2D eigenvalue weighted by Gasteiger charge is -2.12. The average molecular weight is 275 g/mol. The normalized spacial score (nSPS) is 13.1. The fraction of sp³-hybridized carbons (Fsp3) is 0.500. The van der Waals surface area contributed by atoms with Crippen molar-refractivity contribution in [3.8, 4) is 0 Å². The summed E-state index contributed by atoms with van der Waals surface area (Å²) in [5, 5.41) is 6.40. The molecule has 3 N–H and O–H groups in total. The molecular weight excluding hydrogens is 262 g/mol. The largest absolute Gasteiger partial charge is 0.392 e. The first-order chi connectivity index (χ1) is 7.74. The van der Waals surface area contributed by atoms with E-state index in [9.17, 15) is 8.42 Å². The van der Waals surface area contributed by atoms with Gasteiger partial charge in [-0.2, -0.15) is 5.10 Å². The first-order valence-corrected chi connectivity index (χ1v) is 6.68. The summed E-state index contributed by atoms with van der Waals surface area (Å²) in [6, 6.07) is 0. The number of anilines is 1. The van der Waals surface area contributed by atoms with Crippen molar-refractivity contribution in [2.45, 2.75) is 26.0 Å². The zero-order valence-corrected chi connectivity index (χ0v) is 11.3. The van der Waals surface area contributed by atoms with Crippen molar-refractivity contribution in [2.24, 2.45) is 5.73 Å². The maximum absolute atomic E-state index is 11.8. The molecule has 0 aliphatic heterocycles. The van der Waals surface area contributed by atoms with Crippen LogP contribution >= 0.6 is 12.2 Å². The van der Waals surface area contributed by atoms with Gasteiger partial charge in [-0.1, -0.05) is 12.2 Å². The zero-order valence-electron chi connectivity index (χ0n) is 9.63. The Morgan fingerprint density at radius 2 is 1.94 bits per heavy atom. The van der Waals surface area contributed by atoms with E-state index >= 15 is 0 Å². The molecule has 0 fully saturated rings. The molecule has 7 nitrogen and oxygen atoms in total. The van der Waals surface area contributed by atoms with Crippen LogP contribution in [0.3, 0.4) is 0 Å². The highest BCUT2D eigenvalue weighted by Crippen LogP contribution is 2.08. The number of rotatable bonds is 4. The Morgan fingerprint density at radius 1 is 1.35 bits per heavy atom. The van der Waals surface area contributed by atoms with Crippen LogP contribution in [0.4, 0.5) is 5.95 Å². The Morgan fingerprint density at radius 3 is 2.41 bits per heavy atom. The summed E-state index contributed by atoms with van der Waals surface area (Å²) in [6.07, 6.45) is 0. The molecule has 0 saturated heterocycles. The topological polar surface area (TPSA) is 111 Å². The van der Waals surface area contributed by atoms with Gasteiger partial charge in [-0.05, 0) is 20.8 Å². The van der Waals surface area contributed by atoms with E-state index in [1.165, 1.54) is 6.92 Å². The van der Waals surface area contributed by atoms with Crippen molar-refractivity contribution < 1.29 is 8.42 Å². The summed E-state index contributed by atoms with van der Waals surface area (Å²) >= 11 is 4.63. The van der Waals surface area contributed by atoms with Crippen LogP contribution in [0.2, 0.25) is 0 Å². The molecule has 9 heteroatoms. The fourth-order valence-corrected chi connectivity index (χ4v) is 2.07. The number of hydrogen-bond donors (Lipinski definition) is 2. The van der Waals surface area contributed by atoms with Crippen molar-refractivity contribution in [2.75, 3.05) is 4.72 Å². The molecule has 1 heterocycles. The number of hydrogen-bond acceptors (Lipinski definition) is 6. The number of nitrogens with one attached hydrogen (secondary N) is 1. The van der Waals surface area contributed by atoms with Crippen molar-refractivity contribution in [1.29, 1.82) is 0 Å². The minimum absolute atomic E-state index is 0.0869. The molecule has 1 rings (SSSR count). The molecule has 1 aromatic heterocycles. The number of sulfonamides is 1. The average Bonchev–Trinajstić information content (AvgIpc) is 2.22. The highest BCUT2D eigenvalue weighted by Gasteiger charge is 2.24. The lowest BCUT2D eigenvalue weighted by molar-refractivity contribution is 0.597. The van der Waals surface area contributed by atoms with Crippen molar-refractivity contribution in [3.05, 3.63) is 11.4 Å². The molecule has 0 aliphatic rings. The van der Waals surface area contributed by atoms with Gasteiger partial charge in [0.25, 0.3) is 5.95 Å². The molecule has 1 atom stereocenters. The monoisotopic (exact) mass is 275 g/mol. The maximum Gasteiger partial charge on any atom is 0.256 e. The first kappa shape index (κ1) is 13.7. The molecule has 0 saturated carbocycles. The van der Waals surface area contributed by atoms with Crippen molar-refractivity contribution in [3.63, 3.8) is 0 Å². The van der Waals surface area contributed by atoms with E-state index in [2.05, 4.69) is 32.1 Å². The third-order valence-electron chi connectivity index (χ3n) is 2.19. The Labute approximate surface area is 105 Å². The smallest absolute Gasteiger partial charge is 0.256 e. The molecule has 1 aromatic rings. The van der Waals surface area contributed by atoms with Crippen molar-refractivity contribution >= 4 is 33.2 Å². The SMILES string of the molecule is Cc1nnc(NS(=O)(=O)C(C)C(N)=S)nc1C. The van der Waals surface area contributed by atoms with Crippen LogP contribution in [0.15, 0.2) is 0 Å². The van der Waals surface area contributed by atoms with Gasteiger partial charge in [0.15, 0.2) is 0 Å². The third-order valence-corrected chi connectivity index (χ3v) is 4.35. The van der Waals surface area contributed by atoms with Crippen LogP contribution in [0.25, 0.3) is 0 Å². The lowest BCUT2D eigenvalue weighted by atomic mass is 10.4. The van der Waals surface area contributed by atoms with E-state index in [0.717, 1.165) is 0 Å². The Hall–Kier alpha value is -1.35.